The van der Waals surface area contributed by atoms with Gasteiger partial charge in [-0.2, -0.15) is 0 Å². The van der Waals surface area contributed by atoms with E-state index < -0.39 is 55.2 Å². The van der Waals surface area contributed by atoms with Crippen LogP contribution in [0.25, 0.3) is 0 Å². The minimum absolute atomic E-state index is 0.151. The van der Waals surface area contributed by atoms with Crippen molar-refractivity contribution in [1.82, 2.24) is 0 Å². The number of carboxylic acids is 1. The van der Waals surface area contributed by atoms with Crippen LogP contribution in [0.4, 0.5) is 0 Å². The summed E-state index contributed by atoms with van der Waals surface area (Å²) in [5, 5.41) is 28.9. The number of carbonyl (C=O) groups is 2. The molecule has 0 radical (unpaired) electrons. The molecular weight excluding hydrogens is 360 g/mol. The minimum atomic E-state index is -1.23. The molecule has 0 aromatic heterocycles. The highest BCUT2D eigenvalue weighted by Gasteiger charge is 2.50. The number of carbonyl (C=O) groups excluding carboxylic acids is 1. The summed E-state index contributed by atoms with van der Waals surface area (Å²) in [6.45, 7) is 3.42. The number of hydrogen-bond donors (Lipinski definition) is 3. The Balaban J connectivity index is 1.98. The van der Waals surface area contributed by atoms with Crippen molar-refractivity contribution in [1.29, 1.82) is 0 Å². The number of esters is 1. The summed E-state index contributed by atoms with van der Waals surface area (Å²) in [6.07, 6.45) is -2.53. The van der Waals surface area contributed by atoms with E-state index in [9.17, 15) is 19.8 Å². The molecule has 3 N–H and O–H groups in total. The lowest BCUT2D eigenvalue weighted by atomic mass is 9.99. The first-order valence-corrected chi connectivity index (χ1v) is 9.43. The van der Waals surface area contributed by atoms with Crippen LogP contribution < -0.4 is 0 Å². The third-order valence-corrected chi connectivity index (χ3v) is 4.79. The maximum Gasteiger partial charge on any atom is 0.311 e. The number of carboxylic acid groups (broad SMARTS) is 1. The fourth-order valence-electron chi connectivity index (χ4n) is 3.16. The van der Waals surface area contributed by atoms with Crippen LogP contribution in [-0.4, -0.2) is 77.8 Å². The molecule has 0 saturated carbocycles. The summed E-state index contributed by atoms with van der Waals surface area (Å²) in [7, 11) is 0. The molecular formula is C18H30O9. The molecule has 0 spiro atoms. The molecule has 156 valence electrons. The average molecular weight is 390 g/mol. The van der Waals surface area contributed by atoms with Gasteiger partial charge in [0.05, 0.1) is 19.8 Å². The summed E-state index contributed by atoms with van der Waals surface area (Å²) in [6, 6.07) is 0. The summed E-state index contributed by atoms with van der Waals surface area (Å²) in [5.74, 6) is -1.89. The van der Waals surface area contributed by atoms with Crippen molar-refractivity contribution >= 4 is 11.9 Å². The summed E-state index contributed by atoms with van der Waals surface area (Å²) in [4.78, 5) is 23.3. The lowest BCUT2D eigenvalue weighted by Crippen LogP contribution is -2.60. The zero-order valence-electron chi connectivity index (χ0n) is 15.8. The van der Waals surface area contributed by atoms with Crippen molar-refractivity contribution in [2.45, 2.75) is 70.2 Å². The first kappa shape index (κ1) is 22.0. The Morgan fingerprint density at radius 3 is 2.41 bits per heavy atom. The van der Waals surface area contributed by atoms with E-state index in [4.69, 9.17) is 24.1 Å². The number of fused-ring (bicyclic) bond motifs is 1. The molecule has 2 saturated heterocycles. The topological polar surface area (TPSA) is 132 Å². The summed E-state index contributed by atoms with van der Waals surface area (Å²) >= 11 is 0. The molecule has 0 unspecified atom stereocenters. The van der Waals surface area contributed by atoms with Gasteiger partial charge < -0.3 is 34.3 Å². The molecule has 9 nitrogen and oxygen atoms in total. The van der Waals surface area contributed by atoms with E-state index in [1.165, 1.54) is 0 Å². The number of unbranched alkanes of at least 4 members (excludes halogenated alkanes) is 1. The van der Waals surface area contributed by atoms with Crippen LogP contribution in [0.2, 0.25) is 0 Å². The van der Waals surface area contributed by atoms with E-state index in [-0.39, 0.29) is 19.6 Å². The molecule has 9 heteroatoms. The molecule has 27 heavy (non-hydrogen) atoms. The Morgan fingerprint density at radius 1 is 1.15 bits per heavy atom. The standard InChI is InChI=1S/C18H30O9/c1-10(2)5-3-4-6-13(20)27-18-16-15(14(21)12(7-19)26-18)24-8-11(9-25-16)17(22)23/h10-12,14-16,18-19,21H,3-9H2,1-2H3,(H,22,23)/t11-,12-,14+,15+,16+,18+/m0/s1. The minimum Gasteiger partial charge on any atom is -0.481 e. The van der Waals surface area contributed by atoms with Gasteiger partial charge in [-0.05, 0) is 12.3 Å². The second kappa shape index (κ2) is 10.3. The van der Waals surface area contributed by atoms with Crippen LogP contribution >= 0.6 is 0 Å². The Morgan fingerprint density at radius 2 is 1.81 bits per heavy atom. The molecule has 2 heterocycles. The predicted molar refractivity (Wildman–Crippen MR) is 91.8 cm³/mol. The van der Waals surface area contributed by atoms with E-state index in [1.54, 1.807) is 0 Å². The smallest absolute Gasteiger partial charge is 0.311 e. The van der Waals surface area contributed by atoms with Gasteiger partial charge in [-0.1, -0.05) is 26.7 Å². The van der Waals surface area contributed by atoms with E-state index in [0.29, 0.717) is 12.3 Å². The van der Waals surface area contributed by atoms with Crippen LogP contribution in [0.15, 0.2) is 0 Å². The van der Waals surface area contributed by atoms with Gasteiger partial charge in [0.15, 0.2) is 0 Å². The molecule has 2 aliphatic heterocycles. The van der Waals surface area contributed by atoms with Gasteiger partial charge in [0.25, 0.3) is 0 Å². The van der Waals surface area contributed by atoms with Crippen LogP contribution in [-0.2, 0) is 28.5 Å². The van der Waals surface area contributed by atoms with Gasteiger partial charge >= 0.3 is 11.9 Å². The second-order valence-corrected chi connectivity index (χ2v) is 7.48. The van der Waals surface area contributed by atoms with E-state index >= 15 is 0 Å². The number of ether oxygens (including phenoxy) is 4. The number of rotatable bonds is 8. The lowest BCUT2D eigenvalue weighted by molar-refractivity contribution is -0.301. The SMILES string of the molecule is CC(C)CCCCC(=O)O[C@H]1O[C@@H](CO)[C@@H](O)[C@H]2OC[C@H](C(=O)O)CO[C@@H]12. The molecule has 6 atom stereocenters. The van der Waals surface area contributed by atoms with Gasteiger partial charge in [-0.3, -0.25) is 9.59 Å². The van der Waals surface area contributed by atoms with E-state index in [2.05, 4.69) is 13.8 Å². The highest BCUT2D eigenvalue weighted by atomic mass is 16.7. The normalized spacial score (nSPS) is 34.0. The maximum absolute atomic E-state index is 12.1. The second-order valence-electron chi connectivity index (χ2n) is 7.48. The van der Waals surface area contributed by atoms with Crippen molar-refractivity contribution in [3.63, 3.8) is 0 Å². The molecule has 2 fully saturated rings. The Labute approximate surface area is 158 Å². The highest BCUT2D eigenvalue weighted by molar-refractivity contribution is 5.70. The molecule has 0 aliphatic carbocycles. The van der Waals surface area contributed by atoms with Crippen LogP contribution in [0.1, 0.15) is 39.5 Å². The maximum atomic E-state index is 12.1. The highest BCUT2D eigenvalue weighted by Crippen LogP contribution is 2.30. The molecule has 0 aromatic carbocycles. The van der Waals surface area contributed by atoms with Crippen molar-refractivity contribution in [3.05, 3.63) is 0 Å². The summed E-state index contributed by atoms with van der Waals surface area (Å²) in [5.41, 5.74) is 0. The van der Waals surface area contributed by atoms with Crippen molar-refractivity contribution in [2.24, 2.45) is 11.8 Å². The van der Waals surface area contributed by atoms with Crippen LogP contribution in [0.5, 0.6) is 0 Å². The number of aliphatic hydroxyl groups is 2. The Kier molecular flexibility index (Phi) is 8.43. The van der Waals surface area contributed by atoms with E-state index in [1.807, 2.05) is 0 Å². The van der Waals surface area contributed by atoms with Gasteiger partial charge in [-0.15, -0.1) is 0 Å². The van der Waals surface area contributed by atoms with Gasteiger partial charge in [0.1, 0.15) is 30.3 Å². The molecule has 2 rings (SSSR count). The molecule has 0 amide bonds. The monoisotopic (exact) mass is 390 g/mol. The predicted octanol–water partition coefficient (Wildman–Crippen LogP) is 0.309. The third-order valence-electron chi connectivity index (χ3n) is 4.79. The Bertz CT molecular complexity index is 495. The third kappa shape index (κ3) is 6.11. The summed E-state index contributed by atoms with van der Waals surface area (Å²) < 4.78 is 21.9. The largest absolute Gasteiger partial charge is 0.481 e. The fourth-order valence-corrected chi connectivity index (χ4v) is 3.16. The fraction of sp³-hybridized carbons (Fsp3) is 0.889. The van der Waals surface area contributed by atoms with Gasteiger partial charge in [0.2, 0.25) is 6.29 Å². The van der Waals surface area contributed by atoms with Crippen molar-refractivity contribution in [3.8, 4) is 0 Å². The average Bonchev–Trinajstić information content (AvgIpc) is 2.84. The van der Waals surface area contributed by atoms with Crippen molar-refractivity contribution < 1.29 is 43.9 Å². The van der Waals surface area contributed by atoms with Gasteiger partial charge in [0, 0.05) is 6.42 Å². The first-order valence-electron chi connectivity index (χ1n) is 9.43. The molecule has 0 aromatic rings. The Hall–Kier alpha value is -1.26. The van der Waals surface area contributed by atoms with Crippen LogP contribution in [0, 0.1) is 11.8 Å². The lowest BCUT2D eigenvalue weighted by Gasteiger charge is -2.42. The van der Waals surface area contributed by atoms with Gasteiger partial charge in [-0.25, -0.2) is 0 Å². The zero-order chi connectivity index (χ0) is 20.0. The number of hydrogen-bond acceptors (Lipinski definition) is 8. The number of aliphatic hydroxyl groups excluding tert-OH is 2. The quantitative estimate of drug-likeness (QED) is 0.396. The van der Waals surface area contributed by atoms with E-state index in [0.717, 1.165) is 12.8 Å². The molecule has 2 aliphatic rings. The van der Waals surface area contributed by atoms with Crippen LogP contribution in [0.3, 0.4) is 0 Å². The number of aliphatic carboxylic acids is 1. The van der Waals surface area contributed by atoms with Crippen molar-refractivity contribution in [2.75, 3.05) is 19.8 Å². The zero-order valence-corrected chi connectivity index (χ0v) is 15.8. The first-order chi connectivity index (χ1) is 12.8. The molecule has 0 bridgehead atoms.